The van der Waals surface area contributed by atoms with Gasteiger partial charge in [0.05, 0.1) is 23.5 Å². The van der Waals surface area contributed by atoms with Crippen molar-refractivity contribution in [2.45, 2.75) is 19.4 Å². The predicted octanol–water partition coefficient (Wildman–Crippen LogP) is 2.55. The molecule has 1 N–H and O–H groups in total. The molecule has 23 heavy (non-hydrogen) atoms. The molecule has 1 aliphatic heterocycles. The Morgan fingerprint density at radius 3 is 2.78 bits per heavy atom. The highest BCUT2D eigenvalue weighted by Crippen LogP contribution is 2.37. The van der Waals surface area contributed by atoms with E-state index in [-0.39, 0.29) is 17.9 Å². The van der Waals surface area contributed by atoms with Crippen molar-refractivity contribution in [1.82, 2.24) is 19.9 Å². The maximum Gasteiger partial charge on any atom is 0.223 e. The van der Waals surface area contributed by atoms with E-state index in [0.29, 0.717) is 30.5 Å². The maximum absolute atomic E-state index is 12.3. The molecular weight excluding hydrogens is 314 g/mol. The second-order valence-electron chi connectivity index (χ2n) is 5.48. The number of pyridine rings is 1. The first-order valence-electron chi connectivity index (χ1n) is 7.60. The minimum Gasteiger partial charge on any atom is -0.354 e. The van der Waals surface area contributed by atoms with Gasteiger partial charge in [-0.25, -0.2) is 9.97 Å². The predicted molar refractivity (Wildman–Crippen MR) is 88.0 cm³/mol. The lowest BCUT2D eigenvalue weighted by atomic mass is 9.94. The van der Waals surface area contributed by atoms with Crippen molar-refractivity contribution >= 4 is 23.5 Å². The van der Waals surface area contributed by atoms with E-state index in [1.165, 1.54) is 0 Å². The van der Waals surface area contributed by atoms with Gasteiger partial charge in [-0.3, -0.25) is 9.78 Å². The van der Waals surface area contributed by atoms with Gasteiger partial charge in [0.25, 0.3) is 0 Å². The molecule has 3 rings (SSSR count). The molecule has 0 unspecified atom stereocenters. The standard InChI is InChI=1S/C16H18ClN5O/c1-2-22-14(23)6-12(15(22)11-4-3-5-18-7-11)8-19-16-20-9-13(17)10-21-16/h3-5,7,9-10,12,15H,2,6,8H2,1H3,(H,19,20,21)/t12-,15-/m0/s1. The molecule has 1 amide bonds. The van der Waals surface area contributed by atoms with Gasteiger partial charge in [0.2, 0.25) is 11.9 Å². The monoisotopic (exact) mass is 331 g/mol. The van der Waals surface area contributed by atoms with Crippen LogP contribution in [0.4, 0.5) is 5.95 Å². The summed E-state index contributed by atoms with van der Waals surface area (Å²) in [5.74, 6) is 0.831. The molecule has 120 valence electrons. The third-order valence-electron chi connectivity index (χ3n) is 4.05. The van der Waals surface area contributed by atoms with Crippen molar-refractivity contribution in [1.29, 1.82) is 0 Å². The molecule has 0 aromatic carbocycles. The zero-order valence-electron chi connectivity index (χ0n) is 12.8. The topological polar surface area (TPSA) is 71.0 Å². The van der Waals surface area contributed by atoms with Crippen LogP contribution in [0.1, 0.15) is 24.9 Å². The van der Waals surface area contributed by atoms with Crippen LogP contribution in [0.15, 0.2) is 36.9 Å². The molecule has 1 saturated heterocycles. The molecule has 7 heteroatoms. The number of halogens is 1. The second-order valence-corrected chi connectivity index (χ2v) is 5.92. The number of hydrogen-bond acceptors (Lipinski definition) is 5. The van der Waals surface area contributed by atoms with Crippen LogP contribution >= 0.6 is 11.6 Å². The summed E-state index contributed by atoms with van der Waals surface area (Å²) in [7, 11) is 0. The molecule has 1 fully saturated rings. The Morgan fingerprint density at radius 1 is 1.35 bits per heavy atom. The summed E-state index contributed by atoms with van der Waals surface area (Å²) in [6.07, 6.45) is 7.18. The minimum absolute atomic E-state index is 0.0287. The fourth-order valence-electron chi connectivity index (χ4n) is 3.05. The fraction of sp³-hybridized carbons (Fsp3) is 0.375. The van der Waals surface area contributed by atoms with E-state index >= 15 is 0 Å². The summed E-state index contributed by atoms with van der Waals surface area (Å²) in [5.41, 5.74) is 1.06. The smallest absolute Gasteiger partial charge is 0.223 e. The van der Waals surface area contributed by atoms with Crippen LogP contribution in [0, 0.1) is 5.92 Å². The average molecular weight is 332 g/mol. The zero-order valence-corrected chi connectivity index (χ0v) is 13.6. The zero-order chi connectivity index (χ0) is 16.2. The summed E-state index contributed by atoms with van der Waals surface area (Å²) >= 11 is 5.79. The first-order valence-corrected chi connectivity index (χ1v) is 7.97. The molecule has 3 heterocycles. The van der Waals surface area contributed by atoms with Crippen LogP contribution in [0.3, 0.4) is 0 Å². The average Bonchev–Trinajstić information content (AvgIpc) is 2.90. The Hall–Kier alpha value is -2.21. The first-order chi connectivity index (χ1) is 11.2. The number of amides is 1. The number of carbonyl (C=O) groups excluding carboxylic acids is 1. The van der Waals surface area contributed by atoms with Crippen LogP contribution in [-0.2, 0) is 4.79 Å². The lowest BCUT2D eigenvalue weighted by Gasteiger charge is -2.27. The van der Waals surface area contributed by atoms with Crippen molar-refractivity contribution < 1.29 is 4.79 Å². The fourth-order valence-corrected chi connectivity index (χ4v) is 3.15. The Bertz CT molecular complexity index is 664. The summed E-state index contributed by atoms with van der Waals surface area (Å²) in [4.78, 5) is 26.6. The van der Waals surface area contributed by atoms with Gasteiger partial charge >= 0.3 is 0 Å². The van der Waals surface area contributed by atoms with E-state index in [2.05, 4.69) is 20.3 Å². The number of likely N-dealkylation sites (tertiary alicyclic amines) is 1. The van der Waals surface area contributed by atoms with E-state index in [1.807, 2.05) is 30.2 Å². The van der Waals surface area contributed by atoms with Gasteiger partial charge in [0.1, 0.15) is 0 Å². The van der Waals surface area contributed by atoms with Crippen molar-refractivity contribution in [2.24, 2.45) is 5.92 Å². The van der Waals surface area contributed by atoms with Gasteiger partial charge in [-0.1, -0.05) is 17.7 Å². The third-order valence-corrected chi connectivity index (χ3v) is 4.24. The Kier molecular flexibility index (Phi) is 4.71. The molecule has 0 bridgehead atoms. The molecule has 2 atom stereocenters. The van der Waals surface area contributed by atoms with Gasteiger partial charge in [0, 0.05) is 37.8 Å². The van der Waals surface area contributed by atoms with Crippen molar-refractivity contribution in [3.05, 3.63) is 47.5 Å². The molecule has 0 spiro atoms. The lowest BCUT2D eigenvalue weighted by Crippen LogP contribution is -2.30. The normalized spacial score (nSPS) is 20.8. The highest BCUT2D eigenvalue weighted by Gasteiger charge is 2.39. The second kappa shape index (κ2) is 6.91. The van der Waals surface area contributed by atoms with Crippen molar-refractivity contribution in [2.75, 3.05) is 18.4 Å². The quantitative estimate of drug-likeness (QED) is 0.911. The highest BCUT2D eigenvalue weighted by molar-refractivity contribution is 6.30. The molecule has 0 radical (unpaired) electrons. The van der Waals surface area contributed by atoms with Crippen LogP contribution in [0.25, 0.3) is 0 Å². The summed E-state index contributed by atoms with van der Waals surface area (Å²) in [5, 5.41) is 3.70. The van der Waals surface area contributed by atoms with Gasteiger partial charge in [-0.15, -0.1) is 0 Å². The highest BCUT2D eigenvalue weighted by atomic mass is 35.5. The number of carbonyl (C=O) groups is 1. The van der Waals surface area contributed by atoms with Crippen molar-refractivity contribution in [3.63, 3.8) is 0 Å². The van der Waals surface area contributed by atoms with E-state index in [1.54, 1.807) is 18.6 Å². The number of aromatic nitrogens is 3. The number of anilines is 1. The molecule has 6 nitrogen and oxygen atoms in total. The molecule has 0 aliphatic carbocycles. The summed E-state index contributed by atoms with van der Waals surface area (Å²) in [6, 6.07) is 3.95. The molecule has 2 aromatic rings. The van der Waals surface area contributed by atoms with Gasteiger partial charge in [0.15, 0.2) is 0 Å². The minimum atomic E-state index is 0.0287. The largest absolute Gasteiger partial charge is 0.354 e. The Morgan fingerprint density at radius 2 is 2.13 bits per heavy atom. The first kappa shape index (κ1) is 15.7. The number of nitrogens with zero attached hydrogens (tertiary/aromatic N) is 4. The number of nitrogens with one attached hydrogen (secondary N) is 1. The Labute approximate surface area is 139 Å². The van der Waals surface area contributed by atoms with E-state index in [4.69, 9.17) is 11.6 Å². The third kappa shape index (κ3) is 3.42. The van der Waals surface area contributed by atoms with Gasteiger partial charge in [-0.05, 0) is 18.6 Å². The summed E-state index contributed by atoms with van der Waals surface area (Å²) < 4.78 is 0. The van der Waals surface area contributed by atoms with E-state index < -0.39 is 0 Å². The van der Waals surface area contributed by atoms with Crippen LogP contribution in [0.5, 0.6) is 0 Å². The number of hydrogen-bond donors (Lipinski definition) is 1. The van der Waals surface area contributed by atoms with Crippen LogP contribution in [0.2, 0.25) is 5.02 Å². The SMILES string of the molecule is CCN1C(=O)C[C@@H](CNc2ncc(Cl)cn2)[C@@H]1c1cccnc1. The van der Waals surface area contributed by atoms with Gasteiger partial charge < -0.3 is 10.2 Å². The summed E-state index contributed by atoms with van der Waals surface area (Å²) in [6.45, 7) is 3.30. The van der Waals surface area contributed by atoms with Crippen molar-refractivity contribution in [3.8, 4) is 0 Å². The molecular formula is C16H18ClN5O. The van der Waals surface area contributed by atoms with E-state index in [0.717, 1.165) is 5.56 Å². The Balaban J connectivity index is 1.76. The van der Waals surface area contributed by atoms with E-state index in [9.17, 15) is 4.79 Å². The molecule has 0 saturated carbocycles. The maximum atomic E-state index is 12.3. The number of rotatable bonds is 5. The van der Waals surface area contributed by atoms with Crippen LogP contribution in [-0.4, -0.2) is 38.8 Å². The van der Waals surface area contributed by atoms with Gasteiger partial charge in [-0.2, -0.15) is 0 Å². The molecule has 2 aromatic heterocycles. The lowest BCUT2D eigenvalue weighted by molar-refractivity contribution is -0.128. The van der Waals surface area contributed by atoms with Crippen LogP contribution < -0.4 is 5.32 Å². The molecule has 1 aliphatic rings.